The van der Waals surface area contributed by atoms with E-state index in [9.17, 15) is 13.2 Å². The van der Waals surface area contributed by atoms with Gasteiger partial charge in [-0.05, 0) is 18.2 Å². The maximum Gasteiger partial charge on any atom is 0.335 e. The van der Waals surface area contributed by atoms with Crippen LogP contribution < -0.4 is 10.5 Å². The minimum Gasteiger partial charge on any atom is -0.478 e. The van der Waals surface area contributed by atoms with Crippen molar-refractivity contribution in [2.75, 3.05) is 10.5 Å². The smallest absolute Gasteiger partial charge is 0.335 e. The molecule has 9 heteroatoms. The topological polar surface area (TPSA) is 136 Å². The predicted molar refractivity (Wildman–Crippen MR) is 65.1 cm³/mol. The standard InChI is InChI=1S/C10H9N3O5S/c11-7-5-6(10(14)15)1-2-8(7)19(16,17)13-9-3-4-18-12-9/h1-5H,11H2,(H,12,13)(H,14,15). The summed E-state index contributed by atoms with van der Waals surface area (Å²) in [6, 6.07) is 4.65. The van der Waals surface area contributed by atoms with Crippen molar-refractivity contribution in [1.82, 2.24) is 5.16 Å². The largest absolute Gasteiger partial charge is 0.478 e. The fourth-order valence-electron chi connectivity index (χ4n) is 1.38. The molecule has 0 saturated heterocycles. The molecule has 1 aromatic heterocycles. The molecule has 0 saturated carbocycles. The number of carbonyl (C=O) groups is 1. The van der Waals surface area contributed by atoms with Crippen LogP contribution in [0.1, 0.15) is 10.4 Å². The van der Waals surface area contributed by atoms with E-state index in [4.69, 9.17) is 10.8 Å². The molecule has 19 heavy (non-hydrogen) atoms. The van der Waals surface area contributed by atoms with E-state index in [0.29, 0.717) is 0 Å². The average molecular weight is 283 g/mol. The summed E-state index contributed by atoms with van der Waals surface area (Å²) in [6.07, 6.45) is 1.20. The van der Waals surface area contributed by atoms with Gasteiger partial charge < -0.3 is 15.4 Å². The van der Waals surface area contributed by atoms with Crippen molar-refractivity contribution in [2.24, 2.45) is 0 Å². The van der Waals surface area contributed by atoms with E-state index in [-0.39, 0.29) is 22.0 Å². The van der Waals surface area contributed by atoms with Crippen molar-refractivity contribution in [2.45, 2.75) is 4.90 Å². The normalized spacial score (nSPS) is 11.2. The number of nitrogen functional groups attached to an aromatic ring is 1. The van der Waals surface area contributed by atoms with Crippen LogP contribution in [0.2, 0.25) is 0 Å². The summed E-state index contributed by atoms with van der Waals surface area (Å²) in [5.41, 5.74) is 5.28. The molecule has 0 aliphatic carbocycles. The Hall–Kier alpha value is -2.55. The first kappa shape index (κ1) is 12.9. The van der Waals surface area contributed by atoms with Gasteiger partial charge in [0.2, 0.25) is 0 Å². The Labute approximate surface area is 107 Å². The fourth-order valence-corrected chi connectivity index (χ4v) is 2.49. The number of nitrogens with one attached hydrogen (secondary N) is 1. The average Bonchev–Trinajstić information content (AvgIpc) is 2.80. The van der Waals surface area contributed by atoms with Gasteiger partial charge in [0.1, 0.15) is 11.2 Å². The molecule has 4 N–H and O–H groups in total. The Morgan fingerprint density at radius 3 is 2.63 bits per heavy atom. The van der Waals surface area contributed by atoms with Gasteiger partial charge in [-0.25, -0.2) is 13.2 Å². The quantitative estimate of drug-likeness (QED) is 0.704. The van der Waals surface area contributed by atoms with Gasteiger partial charge in [0.15, 0.2) is 5.82 Å². The second kappa shape index (κ2) is 4.61. The van der Waals surface area contributed by atoms with E-state index >= 15 is 0 Å². The minimum atomic E-state index is -3.95. The Balaban J connectivity index is 2.38. The fraction of sp³-hybridized carbons (Fsp3) is 0. The number of aromatic nitrogens is 1. The highest BCUT2D eigenvalue weighted by Gasteiger charge is 2.19. The van der Waals surface area contributed by atoms with Crippen molar-refractivity contribution in [3.8, 4) is 0 Å². The summed E-state index contributed by atoms with van der Waals surface area (Å²) in [7, 11) is -3.95. The van der Waals surface area contributed by atoms with E-state index in [0.717, 1.165) is 18.2 Å². The van der Waals surface area contributed by atoms with Crippen LogP contribution >= 0.6 is 0 Å². The number of anilines is 2. The number of carboxylic acids is 1. The molecule has 0 atom stereocenters. The number of hydrogen-bond donors (Lipinski definition) is 3. The Morgan fingerprint density at radius 1 is 1.37 bits per heavy atom. The molecule has 0 bridgehead atoms. The molecule has 0 unspecified atom stereocenters. The molecule has 1 heterocycles. The number of sulfonamides is 1. The molecule has 2 aromatic rings. The molecule has 100 valence electrons. The minimum absolute atomic E-state index is 0.00158. The first-order chi connectivity index (χ1) is 8.90. The lowest BCUT2D eigenvalue weighted by Crippen LogP contribution is -2.15. The van der Waals surface area contributed by atoms with E-state index in [1.54, 1.807) is 0 Å². The van der Waals surface area contributed by atoms with Crippen molar-refractivity contribution in [3.05, 3.63) is 36.1 Å². The lowest BCUT2D eigenvalue weighted by atomic mass is 10.2. The van der Waals surface area contributed by atoms with Crippen molar-refractivity contribution in [1.29, 1.82) is 0 Å². The maximum atomic E-state index is 12.0. The van der Waals surface area contributed by atoms with Crippen LogP contribution in [-0.4, -0.2) is 24.7 Å². The van der Waals surface area contributed by atoms with Gasteiger partial charge in [0.25, 0.3) is 10.0 Å². The summed E-state index contributed by atoms with van der Waals surface area (Å²) in [6.45, 7) is 0. The van der Waals surface area contributed by atoms with Crippen LogP contribution in [0.25, 0.3) is 0 Å². The molecular formula is C10H9N3O5S. The first-order valence-electron chi connectivity index (χ1n) is 4.96. The third-order valence-corrected chi connectivity index (χ3v) is 3.65. The highest BCUT2D eigenvalue weighted by molar-refractivity contribution is 7.92. The molecule has 8 nitrogen and oxygen atoms in total. The van der Waals surface area contributed by atoms with E-state index in [1.807, 2.05) is 0 Å². The third kappa shape index (κ3) is 2.65. The number of aromatic carboxylic acids is 1. The van der Waals surface area contributed by atoms with Gasteiger partial charge >= 0.3 is 5.97 Å². The summed E-state index contributed by atoms with van der Waals surface area (Å²) in [4.78, 5) is 10.5. The zero-order valence-corrected chi connectivity index (χ0v) is 10.2. The number of nitrogens with two attached hydrogens (primary N) is 1. The van der Waals surface area contributed by atoms with Crippen LogP contribution in [-0.2, 0) is 10.0 Å². The molecule has 0 fully saturated rings. The van der Waals surface area contributed by atoms with Crippen LogP contribution in [0.5, 0.6) is 0 Å². The molecule has 0 aliphatic heterocycles. The van der Waals surface area contributed by atoms with Gasteiger partial charge in [0.05, 0.1) is 11.3 Å². The summed E-state index contributed by atoms with van der Waals surface area (Å²) >= 11 is 0. The second-order valence-electron chi connectivity index (χ2n) is 3.55. The van der Waals surface area contributed by atoms with Crippen LogP contribution in [0.15, 0.2) is 39.9 Å². The van der Waals surface area contributed by atoms with Crippen molar-refractivity contribution >= 4 is 27.5 Å². The van der Waals surface area contributed by atoms with Crippen LogP contribution in [0.3, 0.4) is 0 Å². The van der Waals surface area contributed by atoms with Gasteiger partial charge in [-0.15, -0.1) is 0 Å². The predicted octanol–water partition coefficient (Wildman–Crippen LogP) is 0.756. The number of benzene rings is 1. The van der Waals surface area contributed by atoms with Crippen LogP contribution in [0.4, 0.5) is 11.5 Å². The maximum absolute atomic E-state index is 12.0. The van der Waals surface area contributed by atoms with E-state index in [2.05, 4.69) is 14.4 Å². The molecule has 0 radical (unpaired) electrons. The molecule has 0 aliphatic rings. The van der Waals surface area contributed by atoms with Crippen molar-refractivity contribution < 1.29 is 22.8 Å². The van der Waals surface area contributed by atoms with Gasteiger partial charge in [-0.1, -0.05) is 5.16 Å². The molecule has 0 spiro atoms. The van der Waals surface area contributed by atoms with Gasteiger partial charge in [0, 0.05) is 6.07 Å². The van der Waals surface area contributed by atoms with Gasteiger partial charge in [-0.3, -0.25) is 4.72 Å². The zero-order valence-electron chi connectivity index (χ0n) is 9.40. The summed E-state index contributed by atoms with van der Waals surface area (Å²) in [5.74, 6) is -1.19. The number of carboxylic acid groups (broad SMARTS) is 1. The van der Waals surface area contributed by atoms with Crippen molar-refractivity contribution in [3.63, 3.8) is 0 Å². The highest BCUT2D eigenvalue weighted by atomic mass is 32.2. The Morgan fingerprint density at radius 2 is 2.11 bits per heavy atom. The Kier molecular flexibility index (Phi) is 3.13. The molecule has 0 amide bonds. The number of rotatable bonds is 4. The van der Waals surface area contributed by atoms with E-state index in [1.165, 1.54) is 12.3 Å². The third-order valence-electron chi connectivity index (χ3n) is 2.22. The first-order valence-corrected chi connectivity index (χ1v) is 6.44. The summed E-state index contributed by atoms with van der Waals surface area (Å²) in [5, 5.41) is 12.2. The zero-order chi connectivity index (χ0) is 14.0. The molecular weight excluding hydrogens is 274 g/mol. The second-order valence-corrected chi connectivity index (χ2v) is 5.20. The lowest BCUT2D eigenvalue weighted by Gasteiger charge is -2.08. The Bertz CT molecular complexity index is 709. The monoisotopic (exact) mass is 283 g/mol. The van der Waals surface area contributed by atoms with E-state index < -0.39 is 16.0 Å². The molecule has 2 rings (SSSR count). The SMILES string of the molecule is Nc1cc(C(=O)O)ccc1S(=O)(=O)Nc1ccon1. The van der Waals surface area contributed by atoms with Gasteiger partial charge in [-0.2, -0.15) is 0 Å². The molecule has 1 aromatic carbocycles. The highest BCUT2D eigenvalue weighted by Crippen LogP contribution is 2.22. The summed E-state index contributed by atoms with van der Waals surface area (Å²) < 4.78 is 30.6. The number of hydrogen-bond acceptors (Lipinski definition) is 6. The lowest BCUT2D eigenvalue weighted by molar-refractivity contribution is 0.0697. The number of nitrogens with zero attached hydrogens (tertiary/aromatic N) is 1. The van der Waals surface area contributed by atoms with Crippen LogP contribution in [0, 0.1) is 0 Å².